The Kier molecular flexibility index (Phi) is 5.33. The topological polar surface area (TPSA) is 37.3 Å². The van der Waals surface area contributed by atoms with E-state index >= 15 is 0 Å². The standard InChI is InChI=1S/C17H26O2S/c1-16(2,3)15(18)14(20(19)17(4,5)6)12-13-10-8-7-9-11-13/h7-12,15,18H,1-6H3/b14-12+/t15-,20?/m0/s1. The van der Waals surface area contributed by atoms with Crippen LogP contribution in [0.3, 0.4) is 0 Å². The Labute approximate surface area is 125 Å². The summed E-state index contributed by atoms with van der Waals surface area (Å²) in [6, 6.07) is 9.72. The SMILES string of the molecule is CC(C)(C)[C@@H](O)/C(=C\c1ccccc1)S(=O)C(C)(C)C. The van der Waals surface area contributed by atoms with Crippen molar-refractivity contribution in [3.63, 3.8) is 0 Å². The summed E-state index contributed by atoms with van der Waals surface area (Å²) in [6.45, 7) is 11.6. The molecule has 0 bridgehead atoms. The number of aliphatic hydroxyl groups excluding tert-OH is 1. The van der Waals surface area contributed by atoms with Crippen LogP contribution >= 0.6 is 0 Å². The molecule has 20 heavy (non-hydrogen) atoms. The molecular formula is C17H26O2S. The smallest absolute Gasteiger partial charge is 0.0921 e. The first-order chi connectivity index (χ1) is 9.03. The van der Waals surface area contributed by atoms with E-state index in [1.165, 1.54) is 0 Å². The van der Waals surface area contributed by atoms with E-state index in [9.17, 15) is 9.32 Å². The number of hydrogen-bond acceptors (Lipinski definition) is 2. The van der Waals surface area contributed by atoms with Crippen LogP contribution in [0, 0.1) is 5.41 Å². The minimum atomic E-state index is -1.24. The molecule has 0 saturated heterocycles. The summed E-state index contributed by atoms with van der Waals surface area (Å²) in [4.78, 5) is 0.594. The van der Waals surface area contributed by atoms with Crippen molar-refractivity contribution in [2.45, 2.75) is 52.4 Å². The maximum absolute atomic E-state index is 12.7. The third-order valence-electron chi connectivity index (χ3n) is 2.97. The molecule has 0 spiro atoms. The van der Waals surface area contributed by atoms with E-state index in [1.807, 2.05) is 78.0 Å². The Bertz CT molecular complexity index is 490. The van der Waals surface area contributed by atoms with Gasteiger partial charge in [0.2, 0.25) is 0 Å². The maximum Gasteiger partial charge on any atom is 0.0921 e. The van der Waals surface area contributed by atoms with Crippen molar-refractivity contribution in [1.29, 1.82) is 0 Å². The lowest BCUT2D eigenvalue weighted by Crippen LogP contribution is -2.34. The van der Waals surface area contributed by atoms with Gasteiger partial charge in [0.15, 0.2) is 0 Å². The van der Waals surface area contributed by atoms with Crippen LogP contribution in [0.15, 0.2) is 35.2 Å². The van der Waals surface area contributed by atoms with Crippen molar-refractivity contribution in [1.82, 2.24) is 0 Å². The van der Waals surface area contributed by atoms with Crippen molar-refractivity contribution >= 4 is 16.9 Å². The van der Waals surface area contributed by atoms with Gasteiger partial charge < -0.3 is 5.11 Å². The number of aliphatic hydroxyl groups is 1. The molecule has 0 aliphatic carbocycles. The monoisotopic (exact) mass is 294 g/mol. The van der Waals surface area contributed by atoms with Crippen LogP contribution < -0.4 is 0 Å². The zero-order valence-electron chi connectivity index (χ0n) is 13.3. The van der Waals surface area contributed by atoms with Crippen molar-refractivity contribution in [2.24, 2.45) is 5.41 Å². The van der Waals surface area contributed by atoms with Crippen LogP contribution in [0.5, 0.6) is 0 Å². The van der Waals surface area contributed by atoms with Crippen LogP contribution in [-0.2, 0) is 10.8 Å². The molecule has 1 aromatic carbocycles. The van der Waals surface area contributed by atoms with E-state index in [0.717, 1.165) is 5.56 Å². The summed E-state index contributed by atoms with van der Waals surface area (Å²) in [6.07, 6.45) is 1.12. The Morgan fingerprint density at radius 2 is 1.60 bits per heavy atom. The molecule has 0 saturated carbocycles. The van der Waals surface area contributed by atoms with Crippen molar-refractivity contribution in [3.05, 3.63) is 40.8 Å². The fourth-order valence-corrected chi connectivity index (χ4v) is 3.23. The zero-order chi connectivity index (χ0) is 15.6. The Morgan fingerprint density at radius 1 is 1.10 bits per heavy atom. The molecule has 0 fully saturated rings. The molecule has 112 valence electrons. The van der Waals surface area contributed by atoms with E-state index < -0.39 is 21.7 Å². The highest BCUT2D eigenvalue weighted by atomic mass is 32.2. The average Bonchev–Trinajstić information content (AvgIpc) is 2.33. The van der Waals surface area contributed by atoms with Crippen molar-refractivity contribution in [3.8, 4) is 0 Å². The van der Waals surface area contributed by atoms with Gasteiger partial charge in [0, 0.05) is 9.65 Å². The average molecular weight is 294 g/mol. The highest BCUT2D eigenvalue weighted by molar-refractivity contribution is 7.90. The Balaban J connectivity index is 3.29. The molecule has 0 aliphatic rings. The predicted octanol–water partition coefficient (Wildman–Crippen LogP) is 3.98. The first-order valence-electron chi connectivity index (χ1n) is 6.90. The molecule has 0 radical (unpaired) electrons. The van der Waals surface area contributed by atoms with Gasteiger partial charge in [-0.05, 0) is 37.8 Å². The highest BCUT2D eigenvalue weighted by Gasteiger charge is 2.33. The van der Waals surface area contributed by atoms with Crippen LogP contribution in [0.1, 0.15) is 47.1 Å². The van der Waals surface area contributed by atoms with Gasteiger partial charge in [0.05, 0.1) is 16.9 Å². The van der Waals surface area contributed by atoms with Gasteiger partial charge in [0.1, 0.15) is 0 Å². The molecule has 1 unspecified atom stereocenters. The van der Waals surface area contributed by atoms with Gasteiger partial charge >= 0.3 is 0 Å². The summed E-state index contributed by atoms with van der Waals surface area (Å²) in [7, 11) is -1.24. The highest BCUT2D eigenvalue weighted by Crippen LogP contribution is 2.32. The summed E-state index contributed by atoms with van der Waals surface area (Å²) < 4.78 is 12.3. The van der Waals surface area contributed by atoms with Gasteiger partial charge in [-0.25, -0.2) is 0 Å². The lowest BCUT2D eigenvalue weighted by Gasteiger charge is -2.31. The van der Waals surface area contributed by atoms with Crippen molar-refractivity contribution in [2.75, 3.05) is 0 Å². The normalized spacial score (nSPS) is 16.9. The molecule has 1 rings (SSSR count). The van der Waals surface area contributed by atoms with Gasteiger partial charge in [-0.15, -0.1) is 0 Å². The molecule has 1 aromatic rings. The third kappa shape index (κ3) is 4.57. The van der Waals surface area contributed by atoms with Crippen LogP contribution in [0.2, 0.25) is 0 Å². The van der Waals surface area contributed by atoms with Gasteiger partial charge in [-0.1, -0.05) is 51.1 Å². The molecule has 0 aliphatic heterocycles. The van der Waals surface area contributed by atoms with Crippen LogP contribution in [-0.4, -0.2) is 20.2 Å². The van der Waals surface area contributed by atoms with E-state index in [4.69, 9.17) is 0 Å². The van der Waals surface area contributed by atoms with E-state index in [-0.39, 0.29) is 5.41 Å². The van der Waals surface area contributed by atoms with E-state index in [2.05, 4.69) is 0 Å². The fraction of sp³-hybridized carbons (Fsp3) is 0.529. The van der Waals surface area contributed by atoms with E-state index in [0.29, 0.717) is 4.91 Å². The summed E-state index contributed by atoms with van der Waals surface area (Å²) in [5.74, 6) is 0. The molecule has 1 N–H and O–H groups in total. The molecule has 0 heterocycles. The zero-order valence-corrected chi connectivity index (χ0v) is 14.1. The Hall–Kier alpha value is -0.930. The number of rotatable bonds is 3. The largest absolute Gasteiger partial charge is 0.387 e. The lowest BCUT2D eigenvalue weighted by molar-refractivity contribution is 0.102. The van der Waals surface area contributed by atoms with Gasteiger partial charge in [-0.3, -0.25) is 4.21 Å². The first kappa shape index (κ1) is 17.1. The lowest BCUT2D eigenvalue weighted by atomic mass is 9.88. The Morgan fingerprint density at radius 3 is 2.00 bits per heavy atom. The summed E-state index contributed by atoms with van der Waals surface area (Å²) in [5.41, 5.74) is 0.616. The maximum atomic E-state index is 12.7. The fourth-order valence-electron chi connectivity index (χ4n) is 1.73. The predicted molar refractivity (Wildman–Crippen MR) is 87.8 cm³/mol. The summed E-state index contributed by atoms with van der Waals surface area (Å²) in [5, 5.41) is 10.6. The number of benzene rings is 1. The van der Waals surface area contributed by atoms with Gasteiger partial charge in [0.25, 0.3) is 0 Å². The van der Waals surface area contributed by atoms with Crippen LogP contribution in [0.4, 0.5) is 0 Å². The molecule has 2 nitrogen and oxygen atoms in total. The second kappa shape index (κ2) is 6.23. The minimum absolute atomic E-state index is 0.346. The van der Waals surface area contributed by atoms with Crippen LogP contribution in [0.25, 0.3) is 6.08 Å². The molecular weight excluding hydrogens is 268 g/mol. The quantitative estimate of drug-likeness (QED) is 0.915. The van der Waals surface area contributed by atoms with E-state index in [1.54, 1.807) is 0 Å². The second-order valence-corrected chi connectivity index (χ2v) is 9.34. The summed E-state index contributed by atoms with van der Waals surface area (Å²) >= 11 is 0. The molecule has 2 atom stereocenters. The second-order valence-electron chi connectivity index (χ2n) is 7.11. The van der Waals surface area contributed by atoms with Crippen molar-refractivity contribution < 1.29 is 9.32 Å². The number of hydrogen-bond donors (Lipinski definition) is 1. The first-order valence-corrected chi connectivity index (χ1v) is 8.05. The molecule has 0 aromatic heterocycles. The third-order valence-corrected chi connectivity index (χ3v) is 4.85. The minimum Gasteiger partial charge on any atom is -0.387 e. The molecule has 0 amide bonds. The van der Waals surface area contributed by atoms with Gasteiger partial charge in [-0.2, -0.15) is 0 Å². The molecule has 3 heteroatoms.